The smallest absolute Gasteiger partial charge is 0.321 e. The Bertz CT molecular complexity index is 408. The third-order valence-electron chi connectivity index (χ3n) is 2.29. The first-order valence-electron chi connectivity index (χ1n) is 4.65. The second-order valence-electron chi connectivity index (χ2n) is 4.04. The highest BCUT2D eigenvalue weighted by atomic mass is 35.5. The summed E-state index contributed by atoms with van der Waals surface area (Å²) in [4.78, 5) is 22.1. The van der Waals surface area contributed by atoms with Gasteiger partial charge in [0.05, 0.1) is 17.0 Å². The lowest BCUT2D eigenvalue weighted by molar-refractivity contribution is -0.117. The molecule has 1 saturated heterocycles. The lowest BCUT2D eigenvalue weighted by Gasteiger charge is -2.23. The number of imide groups is 1. The van der Waals surface area contributed by atoms with Crippen LogP contribution in [0.3, 0.4) is 0 Å². The van der Waals surface area contributed by atoms with E-state index in [1.165, 1.54) is 0 Å². The fourth-order valence-electron chi connectivity index (χ4n) is 1.57. The average molecular weight is 269 g/mol. The summed E-state index contributed by atoms with van der Waals surface area (Å²) in [5, 5.41) is 4.46. The Kier molecular flexibility index (Phi) is 3.80. The summed E-state index contributed by atoms with van der Waals surface area (Å²) in [6, 6.07) is -0.717. The minimum Gasteiger partial charge on any atom is -0.332 e. The number of hydrogen-bond acceptors (Lipinski definition) is 4. The Labute approximate surface area is 98.6 Å². The van der Waals surface area contributed by atoms with Crippen molar-refractivity contribution in [1.29, 1.82) is 0 Å². The van der Waals surface area contributed by atoms with Crippen LogP contribution in [-0.2, 0) is 14.6 Å². The molecule has 1 unspecified atom stereocenters. The quantitative estimate of drug-likeness (QED) is 0.668. The van der Waals surface area contributed by atoms with Crippen LogP contribution in [0.2, 0.25) is 0 Å². The molecule has 92 valence electrons. The van der Waals surface area contributed by atoms with Crippen molar-refractivity contribution in [2.24, 2.45) is 0 Å². The standard InChI is InChI=1S/C8H13ClN2O4S/c1-8(2-3-16(14,15)5-8)11-7(13)10-6(12)4-9/h2-5H2,1H3,(H2,10,11,12,13). The number of alkyl halides is 1. The molecule has 8 heteroatoms. The molecule has 1 heterocycles. The number of rotatable bonds is 2. The molecular formula is C8H13ClN2O4S. The average Bonchev–Trinajstić information content (AvgIpc) is 2.39. The summed E-state index contributed by atoms with van der Waals surface area (Å²) in [6.45, 7) is 1.63. The Balaban J connectivity index is 2.55. The van der Waals surface area contributed by atoms with E-state index < -0.39 is 27.3 Å². The molecule has 0 aliphatic carbocycles. The largest absolute Gasteiger partial charge is 0.332 e. The van der Waals surface area contributed by atoms with Crippen LogP contribution in [0.4, 0.5) is 4.79 Å². The van der Waals surface area contributed by atoms with Gasteiger partial charge >= 0.3 is 6.03 Å². The van der Waals surface area contributed by atoms with Crippen molar-refractivity contribution in [3.05, 3.63) is 0 Å². The van der Waals surface area contributed by atoms with Crippen molar-refractivity contribution >= 4 is 33.4 Å². The van der Waals surface area contributed by atoms with Gasteiger partial charge < -0.3 is 5.32 Å². The number of hydrogen-bond donors (Lipinski definition) is 2. The molecule has 1 aliphatic rings. The summed E-state index contributed by atoms with van der Waals surface area (Å²) in [5.74, 6) is -0.998. The van der Waals surface area contributed by atoms with Crippen LogP contribution in [0, 0.1) is 0 Å². The van der Waals surface area contributed by atoms with Gasteiger partial charge in [0, 0.05) is 0 Å². The van der Waals surface area contributed by atoms with Crippen molar-refractivity contribution in [3.63, 3.8) is 0 Å². The van der Waals surface area contributed by atoms with E-state index in [0.29, 0.717) is 6.42 Å². The van der Waals surface area contributed by atoms with Crippen LogP contribution in [0.5, 0.6) is 0 Å². The lowest BCUT2D eigenvalue weighted by Crippen LogP contribution is -2.52. The number of urea groups is 1. The van der Waals surface area contributed by atoms with E-state index in [1.807, 2.05) is 5.32 Å². The number of nitrogens with one attached hydrogen (secondary N) is 2. The minimum absolute atomic E-state index is 0.0488. The Morgan fingerprint density at radius 1 is 1.44 bits per heavy atom. The zero-order chi connectivity index (χ0) is 12.4. The third-order valence-corrected chi connectivity index (χ3v) is 4.44. The Morgan fingerprint density at radius 3 is 2.50 bits per heavy atom. The molecule has 2 N–H and O–H groups in total. The van der Waals surface area contributed by atoms with E-state index in [-0.39, 0.29) is 17.4 Å². The number of halogens is 1. The molecule has 3 amide bonds. The SMILES string of the molecule is CC1(NC(=O)NC(=O)CCl)CCS(=O)(=O)C1. The summed E-state index contributed by atoms with van der Waals surface area (Å²) in [5.41, 5.74) is -0.810. The fourth-order valence-corrected chi connectivity index (χ4v) is 3.73. The van der Waals surface area contributed by atoms with Gasteiger partial charge in [-0.2, -0.15) is 0 Å². The zero-order valence-corrected chi connectivity index (χ0v) is 10.3. The molecule has 1 atom stereocenters. The molecular weight excluding hydrogens is 256 g/mol. The second-order valence-corrected chi connectivity index (χ2v) is 6.49. The van der Waals surface area contributed by atoms with Crippen molar-refractivity contribution in [2.75, 3.05) is 17.4 Å². The number of amides is 3. The van der Waals surface area contributed by atoms with Crippen molar-refractivity contribution in [1.82, 2.24) is 10.6 Å². The Morgan fingerprint density at radius 2 is 2.06 bits per heavy atom. The van der Waals surface area contributed by atoms with Crippen molar-refractivity contribution < 1.29 is 18.0 Å². The van der Waals surface area contributed by atoms with Gasteiger partial charge in [0.1, 0.15) is 5.88 Å². The molecule has 1 rings (SSSR count). The highest BCUT2D eigenvalue weighted by Gasteiger charge is 2.39. The number of carbonyl (C=O) groups excluding carboxylic acids is 2. The highest BCUT2D eigenvalue weighted by molar-refractivity contribution is 7.91. The molecule has 0 bridgehead atoms. The molecule has 0 aromatic carbocycles. The van der Waals surface area contributed by atoms with Gasteiger partial charge in [-0.3, -0.25) is 10.1 Å². The van der Waals surface area contributed by atoms with E-state index in [1.54, 1.807) is 6.92 Å². The lowest BCUT2D eigenvalue weighted by atomic mass is 10.0. The summed E-state index contributed by atoms with van der Waals surface area (Å²) >= 11 is 5.20. The summed E-state index contributed by atoms with van der Waals surface area (Å²) in [7, 11) is -3.09. The topological polar surface area (TPSA) is 92.3 Å². The molecule has 0 aromatic heterocycles. The Hall–Kier alpha value is -0.820. The van der Waals surface area contributed by atoms with Gasteiger partial charge in [-0.1, -0.05) is 0 Å². The first kappa shape index (κ1) is 13.2. The van der Waals surface area contributed by atoms with Crippen LogP contribution in [-0.4, -0.2) is 43.3 Å². The molecule has 1 fully saturated rings. The van der Waals surface area contributed by atoms with Gasteiger partial charge in [-0.25, -0.2) is 13.2 Å². The molecule has 0 radical (unpaired) electrons. The van der Waals surface area contributed by atoms with E-state index in [9.17, 15) is 18.0 Å². The number of carbonyl (C=O) groups is 2. The predicted octanol–water partition coefficient (Wildman–Crippen LogP) is -0.372. The van der Waals surface area contributed by atoms with Gasteiger partial charge in [0.2, 0.25) is 5.91 Å². The van der Waals surface area contributed by atoms with E-state index in [0.717, 1.165) is 0 Å². The first-order valence-corrected chi connectivity index (χ1v) is 7.00. The van der Waals surface area contributed by atoms with E-state index >= 15 is 0 Å². The molecule has 0 spiro atoms. The first-order chi connectivity index (χ1) is 7.26. The molecule has 6 nitrogen and oxygen atoms in total. The maximum atomic E-state index is 11.3. The van der Waals surface area contributed by atoms with Crippen LogP contribution < -0.4 is 10.6 Å². The monoisotopic (exact) mass is 268 g/mol. The van der Waals surface area contributed by atoms with Gasteiger partial charge in [0.25, 0.3) is 0 Å². The van der Waals surface area contributed by atoms with E-state index in [2.05, 4.69) is 5.32 Å². The van der Waals surface area contributed by atoms with Crippen LogP contribution in [0.25, 0.3) is 0 Å². The van der Waals surface area contributed by atoms with E-state index in [4.69, 9.17) is 11.6 Å². The second kappa shape index (κ2) is 4.58. The van der Waals surface area contributed by atoms with Crippen LogP contribution in [0.15, 0.2) is 0 Å². The van der Waals surface area contributed by atoms with Crippen LogP contribution >= 0.6 is 11.6 Å². The van der Waals surface area contributed by atoms with Gasteiger partial charge in [-0.05, 0) is 13.3 Å². The minimum atomic E-state index is -3.09. The molecule has 1 aliphatic heterocycles. The summed E-state index contributed by atoms with van der Waals surface area (Å²) in [6.07, 6.45) is 0.345. The normalized spacial score (nSPS) is 27.4. The third kappa shape index (κ3) is 3.64. The maximum absolute atomic E-state index is 11.3. The highest BCUT2D eigenvalue weighted by Crippen LogP contribution is 2.22. The molecule has 0 saturated carbocycles. The maximum Gasteiger partial charge on any atom is 0.321 e. The fraction of sp³-hybridized carbons (Fsp3) is 0.750. The summed E-state index contributed by atoms with van der Waals surface area (Å²) < 4.78 is 22.5. The van der Waals surface area contributed by atoms with Crippen molar-refractivity contribution in [3.8, 4) is 0 Å². The van der Waals surface area contributed by atoms with Gasteiger partial charge in [-0.15, -0.1) is 11.6 Å². The predicted molar refractivity (Wildman–Crippen MR) is 59.1 cm³/mol. The zero-order valence-electron chi connectivity index (χ0n) is 8.75. The van der Waals surface area contributed by atoms with Crippen LogP contribution in [0.1, 0.15) is 13.3 Å². The van der Waals surface area contributed by atoms with Crippen molar-refractivity contribution in [2.45, 2.75) is 18.9 Å². The van der Waals surface area contributed by atoms with Gasteiger partial charge in [0.15, 0.2) is 9.84 Å². The molecule has 0 aromatic rings. The number of sulfone groups is 1. The molecule has 16 heavy (non-hydrogen) atoms.